The fraction of sp³-hybridized carbons (Fsp3) is 0.194. The third-order valence-corrected chi connectivity index (χ3v) is 16.6. The molecule has 4 aliphatic rings. The number of benzene rings is 8. The maximum absolute atomic E-state index is 2.64. The zero-order valence-electron chi connectivity index (χ0n) is 39.1. The molecule has 0 unspecified atom stereocenters. The molecule has 3 heterocycles. The maximum atomic E-state index is 2.64. The standard InChI is InChI=1S/C62H53BN2S/c1-36(2)39-21-26-43(27-22-39)65-56-32-38(5)31-55-58(56)63(53-19-13-14-20-54(53)64(55)42-28-24-41(25-29-42)61(6,7)8)60-59(65)48-34-52-47(35-57(48)66-60)46-30-23-40(37(3)4)33-51(46)62(52)49-17-11-9-15-44(49)45-16-10-12-18-50(45)62/h9-37H,1-8H3. The molecule has 4 heteroatoms. The largest absolute Gasteiger partial charge is 0.311 e. The molecule has 0 saturated heterocycles. The third kappa shape index (κ3) is 5.31. The van der Waals surface area contributed by atoms with E-state index in [1.54, 1.807) is 0 Å². The molecule has 0 fully saturated rings. The van der Waals surface area contributed by atoms with Crippen molar-refractivity contribution in [3.8, 4) is 22.3 Å². The molecule has 13 rings (SSSR count). The van der Waals surface area contributed by atoms with Crippen LogP contribution in [0.2, 0.25) is 0 Å². The van der Waals surface area contributed by atoms with Gasteiger partial charge in [-0.25, -0.2) is 0 Å². The molecule has 0 saturated carbocycles. The summed E-state index contributed by atoms with van der Waals surface area (Å²) in [7, 11) is 0. The maximum Gasteiger partial charge on any atom is 0.264 e. The molecule has 8 aromatic carbocycles. The van der Waals surface area contributed by atoms with Crippen molar-refractivity contribution >= 4 is 78.0 Å². The molecular weight excluding hydrogens is 816 g/mol. The Bertz CT molecular complexity index is 3450. The first-order valence-corrected chi connectivity index (χ1v) is 24.7. The number of hydrogen-bond acceptors (Lipinski definition) is 3. The minimum Gasteiger partial charge on any atom is -0.311 e. The number of hydrogen-bond donors (Lipinski definition) is 0. The molecule has 2 nitrogen and oxygen atoms in total. The van der Waals surface area contributed by atoms with E-state index in [9.17, 15) is 0 Å². The fourth-order valence-corrected chi connectivity index (χ4v) is 13.6. The van der Waals surface area contributed by atoms with Crippen molar-refractivity contribution in [1.29, 1.82) is 0 Å². The highest BCUT2D eigenvalue weighted by molar-refractivity contribution is 7.33. The van der Waals surface area contributed by atoms with Crippen LogP contribution in [0.3, 0.4) is 0 Å². The molecule has 0 amide bonds. The SMILES string of the molecule is Cc1cc2c3c(c1)N(c1ccc(C(C)C)cc1)c1c(sc4cc5c(cc14)C1(c4ccccc4-c4ccccc41)c1cc(C(C)C)ccc1-5)B3c1ccccc1N2c1ccc(C(C)(C)C)cc1. The molecule has 0 N–H and O–H groups in total. The van der Waals surface area contributed by atoms with E-state index in [1.165, 1.54) is 127 Å². The summed E-state index contributed by atoms with van der Waals surface area (Å²) in [6.07, 6.45) is 0. The van der Waals surface area contributed by atoms with Crippen molar-refractivity contribution in [1.82, 2.24) is 0 Å². The van der Waals surface area contributed by atoms with E-state index in [0.29, 0.717) is 11.8 Å². The van der Waals surface area contributed by atoms with Gasteiger partial charge in [-0.3, -0.25) is 0 Å². The van der Waals surface area contributed by atoms with Crippen LogP contribution < -0.4 is 25.5 Å². The number of nitrogens with zero attached hydrogens (tertiary/aromatic N) is 2. The highest BCUT2D eigenvalue weighted by Crippen LogP contribution is 2.64. The van der Waals surface area contributed by atoms with Crippen LogP contribution in [0.4, 0.5) is 34.1 Å². The number of para-hydroxylation sites is 1. The molecule has 2 aliphatic heterocycles. The molecule has 1 spiro atoms. The Morgan fingerprint density at radius 2 is 1.08 bits per heavy atom. The molecule has 66 heavy (non-hydrogen) atoms. The predicted octanol–water partition coefficient (Wildman–Crippen LogP) is 15.2. The van der Waals surface area contributed by atoms with Crippen molar-refractivity contribution in [3.05, 3.63) is 208 Å². The second-order valence-corrected chi connectivity index (χ2v) is 22.0. The van der Waals surface area contributed by atoms with Crippen LogP contribution in [0.5, 0.6) is 0 Å². The van der Waals surface area contributed by atoms with Crippen LogP contribution >= 0.6 is 11.3 Å². The van der Waals surface area contributed by atoms with Gasteiger partial charge in [0.25, 0.3) is 6.71 Å². The summed E-state index contributed by atoms with van der Waals surface area (Å²) >= 11 is 2.01. The fourth-order valence-electron chi connectivity index (χ4n) is 12.2. The smallest absolute Gasteiger partial charge is 0.264 e. The van der Waals surface area contributed by atoms with Crippen molar-refractivity contribution in [2.24, 2.45) is 0 Å². The van der Waals surface area contributed by atoms with Crippen molar-refractivity contribution in [2.45, 2.75) is 78.1 Å². The Balaban J connectivity index is 1.13. The van der Waals surface area contributed by atoms with Gasteiger partial charge >= 0.3 is 0 Å². The molecule has 0 atom stereocenters. The summed E-state index contributed by atoms with van der Waals surface area (Å²) in [6.45, 7) is 18.5. The Kier molecular flexibility index (Phi) is 8.40. The predicted molar refractivity (Wildman–Crippen MR) is 284 cm³/mol. The molecule has 2 aliphatic carbocycles. The Morgan fingerprint density at radius 3 is 1.74 bits per heavy atom. The van der Waals surface area contributed by atoms with E-state index in [0.717, 1.165) is 0 Å². The third-order valence-electron chi connectivity index (χ3n) is 15.4. The number of anilines is 6. The van der Waals surface area contributed by atoms with Gasteiger partial charge in [-0.1, -0.05) is 158 Å². The van der Waals surface area contributed by atoms with Gasteiger partial charge in [0, 0.05) is 43.3 Å². The van der Waals surface area contributed by atoms with Gasteiger partial charge in [-0.2, -0.15) is 0 Å². The summed E-state index contributed by atoms with van der Waals surface area (Å²) in [5.74, 6) is 0.859. The normalized spacial score (nSPS) is 14.7. The lowest BCUT2D eigenvalue weighted by molar-refractivity contribution is 0.590. The number of thiophene rings is 1. The first-order valence-electron chi connectivity index (χ1n) is 23.9. The van der Waals surface area contributed by atoms with Crippen LogP contribution in [-0.2, 0) is 10.8 Å². The van der Waals surface area contributed by atoms with Gasteiger partial charge in [0.15, 0.2) is 0 Å². The average Bonchev–Trinajstić information content (AvgIpc) is 3.94. The number of fused-ring (bicyclic) bond motifs is 16. The summed E-state index contributed by atoms with van der Waals surface area (Å²) in [4.78, 5) is 5.18. The summed E-state index contributed by atoms with van der Waals surface area (Å²) in [5.41, 5.74) is 26.1. The van der Waals surface area contributed by atoms with E-state index in [1.807, 2.05) is 11.3 Å². The molecule has 0 radical (unpaired) electrons. The lowest BCUT2D eigenvalue weighted by Gasteiger charge is -2.43. The van der Waals surface area contributed by atoms with Gasteiger partial charge in [0.2, 0.25) is 0 Å². The summed E-state index contributed by atoms with van der Waals surface area (Å²) < 4.78 is 2.74. The second kappa shape index (κ2) is 14.0. The van der Waals surface area contributed by atoms with Crippen LogP contribution in [0.15, 0.2) is 164 Å². The van der Waals surface area contributed by atoms with Crippen molar-refractivity contribution in [3.63, 3.8) is 0 Å². The Hall–Kier alpha value is -6.62. The van der Waals surface area contributed by atoms with Gasteiger partial charge < -0.3 is 9.80 Å². The monoisotopic (exact) mass is 868 g/mol. The highest BCUT2D eigenvalue weighted by Gasteiger charge is 2.53. The van der Waals surface area contributed by atoms with Gasteiger partial charge in [-0.05, 0) is 156 Å². The van der Waals surface area contributed by atoms with Gasteiger partial charge in [-0.15, -0.1) is 11.3 Å². The lowest BCUT2D eigenvalue weighted by Crippen LogP contribution is -2.60. The summed E-state index contributed by atoms with van der Waals surface area (Å²) in [6, 6.07) is 63.9. The minimum absolute atomic E-state index is 0.0631. The Labute approximate surface area is 394 Å². The topological polar surface area (TPSA) is 6.48 Å². The molecule has 320 valence electrons. The van der Waals surface area contributed by atoms with E-state index < -0.39 is 5.41 Å². The first-order chi connectivity index (χ1) is 31.9. The van der Waals surface area contributed by atoms with Gasteiger partial charge in [0.1, 0.15) is 0 Å². The van der Waals surface area contributed by atoms with Crippen LogP contribution in [0.25, 0.3) is 32.3 Å². The summed E-state index contributed by atoms with van der Waals surface area (Å²) in [5, 5.41) is 1.33. The number of rotatable bonds is 4. The second-order valence-electron chi connectivity index (χ2n) is 20.9. The van der Waals surface area contributed by atoms with E-state index in [2.05, 4.69) is 229 Å². The first kappa shape index (κ1) is 39.7. The zero-order valence-corrected chi connectivity index (χ0v) is 39.9. The van der Waals surface area contributed by atoms with Crippen molar-refractivity contribution < 1.29 is 0 Å². The quantitative estimate of drug-likeness (QED) is 0.163. The minimum atomic E-state index is -0.438. The van der Waals surface area contributed by atoms with E-state index >= 15 is 0 Å². The molecule has 0 bridgehead atoms. The highest BCUT2D eigenvalue weighted by atomic mass is 32.1. The average molecular weight is 869 g/mol. The molecule has 9 aromatic rings. The zero-order chi connectivity index (χ0) is 45.0. The number of aryl methyl sites for hydroxylation is 1. The Morgan fingerprint density at radius 1 is 0.515 bits per heavy atom. The van der Waals surface area contributed by atoms with Crippen molar-refractivity contribution in [2.75, 3.05) is 9.80 Å². The lowest BCUT2D eigenvalue weighted by atomic mass is 9.36. The molecule has 1 aromatic heterocycles. The van der Waals surface area contributed by atoms with E-state index in [-0.39, 0.29) is 12.1 Å². The van der Waals surface area contributed by atoms with Crippen LogP contribution in [0.1, 0.15) is 105 Å². The van der Waals surface area contributed by atoms with Gasteiger partial charge in [0.05, 0.1) is 11.1 Å². The molecular formula is C62H53BN2S. The van der Waals surface area contributed by atoms with Crippen LogP contribution in [0, 0.1) is 6.92 Å². The van der Waals surface area contributed by atoms with E-state index in [4.69, 9.17) is 0 Å². The van der Waals surface area contributed by atoms with Crippen LogP contribution in [-0.4, -0.2) is 6.71 Å².